The summed E-state index contributed by atoms with van der Waals surface area (Å²) in [5.74, 6) is 0. The maximum absolute atomic E-state index is 4.75. The Morgan fingerprint density at radius 3 is 2.26 bits per heavy atom. The topological polar surface area (TPSA) is 12.9 Å². The normalized spacial score (nSPS) is 12.5. The first-order valence-electron chi connectivity index (χ1n) is 6.57. The number of rotatable bonds is 3. The molecule has 0 atom stereocenters. The van der Waals surface area contributed by atoms with Crippen molar-refractivity contribution in [3.63, 3.8) is 0 Å². The molecule has 1 aromatic carbocycles. The number of aromatic nitrogens is 1. The maximum Gasteiger partial charge on any atom is 0.0702 e. The van der Waals surface area contributed by atoms with E-state index < -0.39 is 0 Å². The highest BCUT2D eigenvalue weighted by molar-refractivity contribution is 7.81. The molecule has 0 N–H and O–H groups in total. The molecule has 100 valence electrons. The predicted octanol–water partition coefficient (Wildman–Crippen LogP) is 4.73. The summed E-state index contributed by atoms with van der Waals surface area (Å²) >= 11 is 4.75. The van der Waals surface area contributed by atoms with Crippen molar-refractivity contribution in [3.05, 3.63) is 54.2 Å². The Labute approximate surface area is 121 Å². The first-order chi connectivity index (χ1) is 8.82. The molecule has 0 aliphatic carbocycles. The van der Waals surface area contributed by atoms with Crippen molar-refractivity contribution in [3.8, 4) is 11.3 Å². The van der Waals surface area contributed by atoms with Crippen LogP contribution in [0.25, 0.3) is 11.3 Å². The molecule has 0 spiro atoms. The number of thiol groups is 1. The molecule has 0 aliphatic heterocycles. The highest BCUT2D eigenvalue weighted by Crippen LogP contribution is 2.39. The Kier molecular flexibility index (Phi) is 3.73. The van der Waals surface area contributed by atoms with Crippen molar-refractivity contribution in [2.45, 2.75) is 37.9 Å². The largest absolute Gasteiger partial charge is 0.256 e. The SMILES string of the molecule is CC(C)(S)C(C)(C)c1cccc(-c2ccccn2)c1. The van der Waals surface area contributed by atoms with Gasteiger partial charge in [0.15, 0.2) is 0 Å². The molecule has 2 heteroatoms. The standard InChI is InChI=1S/C17H21NS/c1-16(2,17(3,4)19)14-9-7-8-13(12-14)15-10-5-6-11-18-15/h5-12,19H,1-4H3. The van der Waals surface area contributed by atoms with E-state index in [0.717, 1.165) is 11.3 Å². The Hall–Kier alpha value is -1.28. The molecular weight excluding hydrogens is 250 g/mol. The molecule has 2 rings (SSSR count). The van der Waals surface area contributed by atoms with Crippen LogP contribution in [0.15, 0.2) is 48.7 Å². The molecule has 1 heterocycles. The van der Waals surface area contributed by atoms with Crippen molar-refractivity contribution < 1.29 is 0 Å². The van der Waals surface area contributed by atoms with Gasteiger partial charge in [-0.05, 0) is 23.8 Å². The molecule has 0 unspecified atom stereocenters. The first-order valence-corrected chi connectivity index (χ1v) is 7.01. The molecule has 0 radical (unpaired) electrons. The molecule has 19 heavy (non-hydrogen) atoms. The fourth-order valence-corrected chi connectivity index (χ4v) is 2.08. The zero-order valence-electron chi connectivity index (χ0n) is 12.0. The van der Waals surface area contributed by atoms with Gasteiger partial charge in [0.25, 0.3) is 0 Å². The lowest BCUT2D eigenvalue weighted by Crippen LogP contribution is -2.37. The molecule has 0 saturated carbocycles. The van der Waals surface area contributed by atoms with Gasteiger partial charge in [0.05, 0.1) is 5.69 Å². The predicted molar refractivity (Wildman–Crippen MR) is 85.8 cm³/mol. The van der Waals surface area contributed by atoms with Crippen LogP contribution in [-0.4, -0.2) is 9.73 Å². The monoisotopic (exact) mass is 271 g/mol. The third-order valence-electron chi connectivity index (χ3n) is 4.07. The smallest absolute Gasteiger partial charge is 0.0702 e. The second-order valence-corrected chi connectivity index (χ2v) is 7.10. The van der Waals surface area contributed by atoms with E-state index in [9.17, 15) is 0 Å². The lowest BCUT2D eigenvalue weighted by Gasteiger charge is -2.38. The van der Waals surface area contributed by atoms with Crippen LogP contribution in [0.4, 0.5) is 0 Å². The van der Waals surface area contributed by atoms with Gasteiger partial charge >= 0.3 is 0 Å². The highest BCUT2D eigenvalue weighted by Gasteiger charge is 2.35. The van der Waals surface area contributed by atoms with E-state index >= 15 is 0 Å². The third-order valence-corrected chi connectivity index (χ3v) is 4.63. The van der Waals surface area contributed by atoms with Crippen molar-refractivity contribution >= 4 is 12.6 Å². The lowest BCUT2D eigenvalue weighted by molar-refractivity contribution is 0.415. The van der Waals surface area contributed by atoms with Crippen LogP contribution < -0.4 is 0 Å². The molecule has 0 amide bonds. The Bertz CT molecular complexity index is 553. The van der Waals surface area contributed by atoms with Gasteiger partial charge in [0.1, 0.15) is 0 Å². The summed E-state index contributed by atoms with van der Waals surface area (Å²) in [7, 11) is 0. The summed E-state index contributed by atoms with van der Waals surface area (Å²) < 4.78 is -0.0876. The molecule has 0 saturated heterocycles. The molecule has 1 aromatic heterocycles. The van der Waals surface area contributed by atoms with Crippen LogP contribution in [-0.2, 0) is 5.41 Å². The Morgan fingerprint density at radius 2 is 1.68 bits per heavy atom. The summed E-state index contributed by atoms with van der Waals surface area (Å²) in [5, 5.41) is 0. The zero-order chi connectivity index (χ0) is 14.1. The van der Waals surface area contributed by atoms with E-state index in [0.29, 0.717) is 0 Å². The van der Waals surface area contributed by atoms with Crippen molar-refractivity contribution in [1.82, 2.24) is 4.98 Å². The highest BCUT2D eigenvalue weighted by atomic mass is 32.1. The zero-order valence-corrected chi connectivity index (χ0v) is 12.9. The number of hydrogen-bond donors (Lipinski definition) is 1. The third kappa shape index (κ3) is 2.84. The van der Waals surface area contributed by atoms with Crippen molar-refractivity contribution in [1.29, 1.82) is 0 Å². The summed E-state index contributed by atoms with van der Waals surface area (Å²) in [6.45, 7) is 8.78. The summed E-state index contributed by atoms with van der Waals surface area (Å²) in [4.78, 5) is 4.42. The van der Waals surface area contributed by atoms with E-state index in [1.807, 2.05) is 24.4 Å². The molecule has 1 nitrogen and oxygen atoms in total. The van der Waals surface area contributed by atoms with E-state index in [1.54, 1.807) is 0 Å². The fraction of sp³-hybridized carbons (Fsp3) is 0.353. The van der Waals surface area contributed by atoms with Gasteiger partial charge in [0, 0.05) is 21.9 Å². The molecule has 0 bridgehead atoms. The number of nitrogens with zero attached hydrogens (tertiary/aromatic N) is 1. The summed E-state index contributed by atoms with van der Waals surface area (Å²) in [6.07, 6.45) is 1.83. The van der Waals surface area contributed by atoms with Crippen molar-refractivity contribution in [2.24, 2.45) is 0 Å². The fourth-order valence-electron chi connectivity index (χ4n) is 1.95. The second kappa shape index (κ2) is 5.01. The van der Waals surface area contributed by atoms with Crippen LogP contribution in [0.2, 0.25) is 0 Å². The average molecular weight is 271 g/mol. The maximum atomic E-state index is 4.75. The second-order valence-electron chi connectivity index (χ2n) is 5.98. The van der Waals surface area contributed by atoms with E-state index in [1.165, 1.54) is 5.56 Å². The van der Waals surface area contributed by atoms with Gasteiger partial charge in [-0.15, -0.1) is 0 Å². The number of hydrogen-bond acceptors (Lipinski definition) is 2. The summed E-state index contributed by atoms with van der Waals surface area (Å²) in [5.41, 5.74) is 3.44. The quantitative estimate of drug-likeness (QED) is 0.796. The molecule has 0 aliphatic rings. The van der Waals surface area contributed by atoms with Crippen LogP contribution in [0.5, 0.6) is 0 Å². The molecule has 2 aromatic rings. The van der Waals surface area contributed by atoms with Crippen LogP contribution >= 0.6 is 12.6 Å². The number of pyridine rings is 1. The van der Waals surface area contributed by atoms with Crippen LogP contribution in [0.3, 0.4) is 0 Å². The van der Waals surface area contributed by atoms with Gasteiger partial charge < -0.3 is 0 Å². The van der Waals surface area contributed by atoms with E-state index in [4.69, 9.17) is 12.6 Å². The minimum Gasteiger partial charge on any atom is -0.256 e. The van der Waals surface area contributed by atoms with Gasteiger partial charge in [-0.1, -0.05) is 52.0 Å². The first kappa shape index (κ1) is 14.1. The van der Waals surface area contributed by atoms with Crippen molar-refractivity contribution in [2.75, 3.05) is 0 Å². The number of benzene rings is 1. The average Bonchev–Trinajstić information content (AvgIpc) is 2.39. The van der Waals surface area contributed by atoms with Gasteiger partial charge in [0.2, 0.25) is 0 Å². The summed E-state index contributed by atoms with van der Waals surface area (Å²) in [6, 6.07) is 14.6. The van der Waals surface area contributed by atoms with Crippen LogP contribution in [0, 0.1) is 0 Å². The van der Waals surface area contributed by atoms with Crippen LogP contribution in [0.1, 0.15) is 33.3 Å². The Morgan fingerprint density at radius 1 is 0.947 bits per heavy atom. The molecule has 0 fully saturated rings. The molecular formula is C17H21NS. The van der Waals surface area contributed by atoms with E-state index in [-0.39, 0.29) is 10.2 Å². The lowest BCUT2D eigenvalue weighted by atomic mass is 9.74. The van der Waals surface area contributed by atoms with Gasteiger partial charge in [-0.3, -0.25) is 4.98 Å². The van der Waals surface area contributed by atoms with Gasteiger partial charge in [-0.25, -0.2) is 0 Å². The minimum atomic E-state index is -0.0876. The van der Waals surface area contributed by atoms with Gasteiger partial charge in [-0.2, -0.15) is 12.6 Å². The minimum absolute atomic E-state index is 0.0130. The Balaban J connectivity index is 2.47. The van der Waals surface area contributed by atoms with E-state index in [2.05, 4.69) is 56.9 Å².